The zero-order chi connectivity index (χ0) is 15.1. The molecule has 7 nitrogen and oxygen atoms in total. The number of rotatable bonds is 6. The minimum Gasteiger partial charge on any atom is -0.493 e. The van der Waals surface area contributed by atoms with Gasteiger partial charge in [-0.15, -0.1) is 0 Å². The first-order valence-electron chi connectivity index (χ1n) is 5.66. The number of carboxylic acid groups (broad SMARTS) is 1. The molecular weight excluding hydrogens is 288 g/mol. The lowest BCUT2D eigenvalue weighted by Gasteiger charge is -2.12. The first-order valence-corrected chi connectivity index (χ1v) is 6.04. The average Bonchev–Trinajstić information content (AvgIpc) is 2.42. The van der Waals surface area contributed by atoms with Crippen LogP contribution >= 0.6 is 11.6 Å². The zero-order valence-electron chi connectivity index (χ0n) is 11.0. The van der Waals surface area contributed by atoms with E-state index >= 15 is 0 Å². The van der Waals surface area contributed by atoms with Gasteiger partial charge in [-0.05, 0) is 12.1 Å². The predicted octanol–water partition coefficient (Wildman–Crippen LogP) is 1.35. The van der Waals surface area contributed by atoms with Crippen LogP contribution in [0, 0.1) is 0 Å². The Hall–Kier alpha value is -2.15. The monoisotopic (exact) mass is 302 g/mol. The van der Waals surface area contributed by atoms with Gasteiger partial charge in [-0.2, -0.15) is 0 Å². The van der Waals surface area contributed by atoms with E-state index in [-0.39, 0.29) is 29.4 Å². The van der Waals surface area contributed by atoms with Crippen LogP contribution in [0.4, 0.5) is 4.79 Å². The molecule has 0 fully saturated rings. The molecule has 0 heterocycles. The molecule has 1 aromatic carbocycles. The van der Waals surface area contributed by atoms with E-state index < -0.39 is 12.0 Å². The second-order valence-electron chi connectivity index (χ2n) is 3.65. The van der Waals surface area contributed by atoms with Crippen LogP contribution in [0.15, 0.2) is 12.1 Å². The summed E-state index contributed by atoms with van der Waals surface area (Å²) < 4.78 is 10.1. The summed E-state index contributed by atoms with van der Waals surface area (Å²) in [4.78, 5) is 22.2. The van der Waals surface area contributed by atoms with Crippen molar-refractivity contribution >= 4 is 23.6 Å². The number of hydrogen-bond acceptors (Lipinski definition) is 4. The van der Waals surface area contributed by atoms with Gasteiger partial charge in [0.05, 0.1) is 24.8 Å². The molecule has 0 spiro atoms. The lowest BCUT2D eigenvalue weighted by atomic mass is 10.2. The molecule has 3 N–H and O–H groups in total. The van der Waals surface area contributed by atoms with Gasteiger partial charge in [0, 0.05) is 13.1 Å². The molecule has 0 radical (unpaired) electrons. The molecular formula is C12H15ClN2O5. The molecule has 20 heavy (non-hydrogen) atoms. The Labute approximate surface area is 120 Å². The molecule has 0 aliphatic carbocycles. The van der Waals surface area contributed by atoms with E-state index in [4.69, 9.17) is 26.2 Å². The van der Waals surface area contributed by atoms with Crippen molar-refractivity contribution in [1.82, 2.24) is 10.6 Å². The third-order valence-corrected chi connectivity index (χ3v) is 2.79. The highest BCUT2D eigenvalue weighted by Crippen LogP contribution is 2.37. The Morgan fingerprint density at radius 2 is 1.85 bits per heavy atom. The van der Waals surface area contributed by atoms with Gasteiger partial charge in [0.15, 0.2) is 11.5 Å². The molecule has 0 aromatic heterocycles. The number of halogens is 1. The van der Waals surface area contributed by atoms with Crippen molar-refractivity contribution in [3.8, 4) is 11.5 Å². The fraction of sp³-hybridized carbons (Fsp3) is 0.333. The van der Waals surface area contributed by atoms with Crippen molar-refractivity contribution in [3.05, 3.63) is 22.7 Å². The zero-order valence-corrected chi connectivity index (χ0v) is 11.8. The van der Waals surface area contributed by atoms with Crippen LogP contribution in [-0.2, 0) is 0 Å². The summed E-state index contributed by atoms with van der Waals surface area (Å²) in [7, 11) is 2.88. The maximum Gasteiger partial charge on any atom is 0.404 e. The number of carbonyl (C=O) groups excluding carboxylic acids is 1. The second-order valence-corrected chi connectivity index (χ2v) is 4.03. The van der Waals surface area contributed by atoms with Crippen LogP contribution in [0.3, 0.4) is 0 Å². The maximum atomic E-state index is 11.9. The van der Waals surface area contributed by atoms with Crippen molar-refractivity contribution in [1.29, 1.82) is 0 Å². The van der Waals surface area contributed by atoms with Crippen LogP contribution in [0.5, 0.6) is 11.5 Å². The summed E-state index contributed by atoms with van der Waals surface area (Å²) in [6.45, 7) is 0.252. The van der Waals surface area contributed by atoms with Gasteiger partial charge in [0.1, 0.15) is 0 Å². The molecule has 110 valence electrons. The molecule has 1 rings (SSSR count). The Kier molecular flexibility index (Phi) is 5.92. The van der Waals surface area contributed by atoms with Crippen LogP contribution in [-0.4, -0.2) is 44.4 Å². The van der Waals surface area contributed by atoms with Crippen molar-refractivity contribution < 1.29 is 24.2 Å². The van der Waals surface area contributed by atoms with Crippen molar-refractivity contribution in [2.45, 2.75) is 0 Å². The molecule has 0 bridgehead atoms. The average molecular weight is 303 g/mol. The van der Waals surface area contributed by atoms with E-state index in [9.17, 15) is 9.59 Å². The number of nitrogens with one attached hydrogen (secondary N) is 2. The largest absolute Gasteiger partial charge is 0.493 e. The number of carbonyl (C=O) groups is 2. The molecule has 1 aromatic rings. The molecule has 0 unspecified atom stereocenters. The molecule has 0 aliphatic heterocycles. The minimum absolute atomic E-state index is 0.103. The topological polar surface area (TPSA) is 96.9 Å². The van der Waals surface area contributed by atoms with Crippen molar-refractivity contribution in [3.63, 3.8) is 0 Å². The van der Waals surface area contributed by atoms with Crippen molar-refractivity contribution in [2.24, 2.45) is 0 Å². The SMILES string of the molecule is COc1ccc(C(=O)NCCNC(=O)O)c(Cl)c1OC. The van der Waals surface area contributed by atoms with E-state index in [0.29, 0.717) is 5.75 Å². The van der Waals surface area contributed by atoms with Crippen LogP contribution in [0.2, 0.25) is 5.02 Å². The van der Waals surface area contributed by atoms with Gasteiger partial charge in [0.2, 0.25) is 0 Å². The predicted molar refractivity (Wildman–Crippen MR) is 72.9 cm³/mol. The summed E-state index contributed by atoms with van der Waals surface area (Å²) in [6.07, 6.45) is -1.15. The summed E-state index contributed by atoms with van der Waals surface area (Å²) in [5.74, 6) is 0.259. The lowest BCUT2D eigenvalue weighted by molar-refractivity contribution is 0.0953. The molecule has 0 saturated heterocycles. The fourth-order valence-corrected chi connectivity index (χ4v) is 1.82. The Morgan fingerprint density at radius 3 is 2.40 bits per heavy atom. The molecule has 8 heteroatoms. The normalized spacial score (nSPS) is 9.75. The highest BCUT2D eigenvalue weighted by Gasteiger charge is 2.17. The smallest absolute Gasteiger partial charge is 0.404 e. The molecule has 2 amide bonds. The Balaban J connectivity index is 2.76. The van der Waals surface area contributed by atoms with Crippen molar-refractivity contribution in [2.75, 3.05) is 27.3 Å². The van der Waals surface area contributed by atoms with Crippen LogP contribution in [0.1, 0.15) is 10.4 Å². The molecule has 0 aliphatic rings. The quantitative estimate of drug-likeness (QED) is 0.689. The highest BCUT2D eigenvalue weighted by molar-refractivity contribution is 6.35. The van der Waals surface area contributed by atoms with Gasteiger partial charge in [0.25, 0.3) is 5.91 Å². The third kappa shape index (κ3) is 3.92. The fourth-order valence-electron chi connectivity index (χ4n) is 1.51. The lowest BCUT2D eigenvalue weighted by Crippen LogP contribution is -2.34. The molecule has 0 saturated carbocycles. The molecule has 0 atom stereocenters. The number of ether oxygens (including phenoxy) is 2. The minimum atomic E-state index is -1.15. The number of benzene rings is 1. The first kappa shape index (κ1) is 15.9. The Bertz CT molecular complexity index is 507. The summed E-state index contributed by atoms with van der Waals surface area (Å²) >= 11 is 6.08. The van der Waals surface area contributed by atoms with Crippen LogP contribution < -0.4 is 20.1 Å². The van der Waals surface area contributed by atoms with E-state index in [1.807, 2.05) is 0 Å². The maximum absolute atomic E-state index is 11.9. The van der Waals surface area contributed by atoms with Gasteiger partial charge < -0.3 is 25.2 Å². The Morgan fingerprint density at radius 1 is 1.20 bits per heavy atom. The van der Waals surface area contributed by atoms with Gasteiger partial charge in [-0.25, -0.2) is 4.79 Å². The number of methoxy groups -OCH3 is 2. The van der Waals surface area contributed by atoms with Gasteiger partial charge in [-0.3, -0.25) is 4.79 Å². The number of hydrogen-bond donors (Lipinski definition) is 3. The standard InChI is InChI=1S/C12H15ClN2O5/c1-19-8-4-3-7(9(13)10(8)20-2)11(16)14-5-6-15-12(17)18/h3-4,15H,5-6H2,1-2H3,(H,14,16)(H,17,18). The van der Waals surface area contributed by atoms with Gasteiger partial charge >= 0.3 is 6.09 Å². The van der Waals surface area contributed by atoms with Gasteiger partial charge in [-0.1, -0.05) is 11.6 Å². The highest BCUT2D eigenvalue weighted by atomic mass is 35.5. The summed E-state index contributed by atoms with van der Waals surface area (Å²) in [5, 5.41) is 13.2. The van der Waals surface area contributed by atoms with E-state index in [1.54, 1.807) is 6.07 Å². The second kappa shape index (κ2) is 7.44. The van der Waals surface area contributed by atoms with E-state index in [1.165, 1.54) is 20.3 Å². The third-order valence-electron chi connectivity index (χ3n) is 2.42. The van der Waals surface area contributed by atoms with Crippen LogP contribution in [0.25, 0.3) is 0 Å². The van der Waals surface area contributed by atoms with E-state index in [2.05, 4.69) is 10.6 Å². The number of amides is 2. The summed E-state index contributed by atoms with van der Waals surface area (Å²) in [6, 6.07) is 3.07. The summed E-state index contributed by atoms with van der Waals surface area (Å²) in [5.41, 5.74) is 0.222. The van der Waals surface area contributed by atoms with E-state index in [0.717, 1.165) is 0 Å². The first-order chi connectivity index (χ1) is 9.51.